The number of benzene rings is 3. The zero-order chi connectivity index (χ0) is 29.3. The number of ether oxygens (including phenoxy) is 4. The fourth-order valence-corrected chi connectivity index (χ4v) is 5.82. The van der Waals surface area contributed by atoms with Crippen molar-refractivity contribution in [3.63, 3.8) is 0 Å². The lowest BCUT2D eigenvalue weighted by Gasteiger charge is -2.42. The first kappa shape index (κ1) is 28.1. The summed E-state index contributed by atoms with van der Waals surface area (Å²) in [5.74, 6) is 0.839. The third-order valence-electron chi connectivity index (χ3n) is 7.49. The Kier molecular flexibility index (Phi) is 7.94. The number of para-hydroxylation sites is 1. The van der Waals surface area contributed by atoms with E-state index in [0.717, 1.165) is 0 Å². The van der Waals surface area contributed by atoms with Gasteiger partial charge < -0.3 is 24.1 Å². The molecule has 8 nitrogen and oxygen atoms in total. The molecule has 1 heterocycles. The van der Waals surface area contributed by atoms with Crippen molar-refractivity contribution >= 4 is 34.7 Å². The fraction of sp³-hybridized carbons (Fsp3) is 0.250. The van der Waals surface area contributed by atoms with Crippen molar-refractivity contribution in [3.05, 3.63) is 93.7 Å². The number of hydrogen-bond donors (Lipinski definition) is 2. The van der Waals surface area contributed by atoms with Crippen molar-refractivity contribution in [1.82, 2.24) is 0 Å². The number of carbonyl (C=O) groups is 1. The molecule has 0 saturated heterocycles. The summed E-state index contributed by atoms with van der Waals surface area (Å²) in [5, 5.41) is 21.9. The number of amidine groups is 1. The third-order valence-corrected chi connectivity index (χ3v) is 7.81. The van der Waals surface area contributed by atoms with Crippen LogP contribution in [0.3, 0.4) is 0 Å². The molecule has 0 radical (unpaired) electrons. The Hall–Kier alpha value is -4.43. The molecule has 41 heavy (non-hydrogen) atoms. The van der Waals surface area contributed by atoms with E-state index in [1.165, 1.54) is 21.3 Å². The summed E-state index contributed by atoms with van der Waals surface area (Å²) in [6.07, 6.45) is 1.55. The third kappa shape index (κ3) is 4.89. The molecule has 9 heteroatoms. The van der Waals surface area contributed by atoms with Crippen LogP contribution in [0.15, 0.2) is 77.5 Å². The summed E-state index contributed by atoms with van der Waals surface area (Å²) >= 11 is 6.65. The quantitative estimate of drug-likeness (QED) is 0.295. The fourth-order valence-electron chi connectivity index (χ4n) is 5.60. The molecule has 0 aromatic heterocycles. The number of aliphatic hydroxyl groups is 1. The average molecular weight is 575 g/mol. The number of ketones is 1. The van der Waals surface area contributed by atoms with Gasteiger partial charge in [-0.15, -0.1) is 0 Å². The smallest absolute Gasteiger partial charge is 0.203 e. The molecule has 1 atom stereocenters. The highest BCUT2D eigenvalue weighted by atomic mass is 35.5. The van der Waals surface area contributed by atoms with Crippen LogP contribution in [0, 0.1) is 5.41 Å². The van der Waals surface area contributed by atoms with Gasteiger partial charge >= 0.3 is 0 Å². The van der Waals surface area contributed by atoms with Crippen LogP contribution >= 0.6 is 11.6 Å². The molecule has 0 bridgehead atoms. The van der Waals surface area contributed by atoms with E-state index >= 15 is 0 Å². The number of halogens is 1. The summed E-state index contributed by atoms with van der Waals surface area (Å²) < 4.78 is 22.1. The van der Waals surface area contributed by atoms with Crippen LogP contribution in [0.4, 0.5) is 5.69 Å². The van der Waals surface area contributed by atoms with Gasteiger partial charge in [-0.05, 0) is 66.9 Å². The Morgan fingerprint density at radius 1 is 0.927 bits per heavy atom. The van der Waals surface area contributed by atoms with Crippen molar-refractivity contribution in [2.45, 2.75) is 25.2 Å². The van der Waals surface area contributed by atoms with Crippen LogP contribution in [-0.4, -0.2) is 45.2 Å². The minimum atomic E-state index is -0.792. The minimum absolute atomic E-state index is 0.0126. The highest BCUT2D eigenvalue weighted by molar-refractivity contribution is 6.34. The van der Waals surface area contributed by atoms with E-state index in [-0.39, 0.29) is 23.0 Å². The molecule has 5 rings (SSSR count). The standard InChI is InChI=1S/C32H31ClN2O6/c1-38-20-14-12-18(13-15-20)30(37)29-27(19-16-25(39-2)31(41-4)26(17-19)40-3)28-23(10-7-11-24(28)36)35(32(29)34)22-9-6-5-8-21(22)33/h5-6,8-9,12-17,27,34,37H,7,10-11H2,1-4H3/t27-/m0/s1. The van der Waals surface area contributed by atoms with Crippen LogP contribution in [-0.2, 0) is 4.79 Å². The van der Waals surface area contributed by atoms with Gasteiger partial charge in [0.05, 0.1) is 39.1 Å². The van der Waals surface area contributed by atoms with E-state index in [0.29, 0.717) is 75.4 Å². The average Bonchev–Trinajstić information content (AvgIpc) is 3.00. The lowest BCUT2D eigenvalue weighted by molar-refractivity contribution is -0.116. The largest absolute Gasteiger partial charge is 0.507 e. The number of anilines is 1. The zero-order valence-electron chi connectivity index (χ0n) is 23.3. The highest BCUT2D eigenvalue weighted by Crippen LogP contribution is 2.51. The van der Waals surface area contributed by atoms with Crippen LogP contribution in [0.2, 0.25) is 5.02 Å². The zero-order valence-corrected chi connectivity index (χ0v) is 24.0. The predicted molar refractivity (Wildman–Crippen MR) is 159 cm³/mol. The van der Waals surface area contributed by atoms with E-state index in [1.54, 1.807) is 54.5 Å². The van der Waals surface area contributed by atoms with Crippen molar-refractivity contribution in [2.24, 2.45) is 0 Å². The second kappa shape index (κ2) is 11.6. The second-order valence-electron chi connectivity index (χ2n) is 9.65. The molecule has 3 aromatic carbocycles. The molecule has 2 aliphatic rings. The van der Waals surface area contributed by atoms with Gasteiger partial charge in [-0.2, -0.15) is 0 Å². The lowest BCUT2D eigenvalue weighted by atomic mass is 9.73. The molecule has 3 aromatic rings. The first-order valence-corrected chi connectivity index (χ1v) is 13.5. The molecule has 1 aliphatic carbocycles. The summed E-state index contributed by atoms with van der Waals surface area (Å²) in [6, 6.07) is 17.6. The Morgan fingerprint density at radius 3 is 2.17 bits per heavy atom. The highest BCUT2D eigenvalue weighted by Gasteiger charge is 2.44. The van der Waals surface area contributed by atoms with E-state index in [4.69, 9.17) is 30.5 Å². The Bertz CT molecular complexity index is 1550. The Balaban J connectivity index is 1.86. The maximum absolute atomic E-state index is 13.8. The van der Waals surface area contributed by atoms with E-state index < -0.39 is 5.92 Å². The van der Waals surface area contributed by atoms with Crippen molar-refractivity contribution in [3.8, 4) is 23.0 Å². The molecule has 0 fully saturated rings. The molecule has 0 saturated carbocycles. The lowest BCUT2D eigenvalue weighted by Crippen LogP contribution is -2.42. The number of allylic oxidation sites excluding steroid dienone is 2. The van der Waals surface area contributed by atoms with Crippen LogP contribution in [0.5, 0.6) is 23.0 Å². The molecular formula is C32H31ClN2O6. The van der Waals surface area contributed by atoms with Gasteiger partial charge in [-0.3, -0.25) is 15.1 Å². The summed E-state index contributed by atoms with van der Waals surface area (Å²) in [4.78, 5) is 15.5. The van der Waals surface area contributed by atoms with Gasteiger partial charge in [0, 0.05) is 34.7 Å². The van der Waals surface area contributed by atoms with Crippen molar-refractivity contribution in [2.75, 3.05) is 33.3 Å². The monoisotopic (exact) mass is 574 g/mol. The van der Waals surface area contributed by atoms with Gasteiger partial charge in [0.1, 0.15) is 17.3 Å². The topological polar surface area (TPSA) is 101 Å². The Labute approximate surface area is 243 Å². The molecule has 0 unspecified atom stereocenters. The molecular weight excluding hydrogens is 544 g/mol. The first-order valence-electron chi connectivity index (χ1n) is 13.1. The van der Waals surface area contributed by atoms with Gasteiger partial charge in [-0.25, -0.2) is 0 Å². The number of nitrogens with one attached hydrogen (secondary N) is 1. The first-order chi connectivity index (χ1) is 19.8. The van der Waals surface area contributed by atoms with Crippen molar-refractivity contribution in [1.29, 1.82) is 5.41 Å². The maximum Gasteiger partial charge on any atom is 0.203 e. The number of Topliss-reactive ketones (excluding diaryl/α,β-unsaturated/α-hetero) is 1. The summed E-state index contributed by atoms with van der Waals surface area (Å²) in [7, 11) is 6.12. The molecule has 0 spiro atoms. The normalized spacial score (nSPS) is 18.2. The number of carbonyl (C=O) groups excluding carboxylic acids is 1. The molecule has 0 amide bonds. The molecule has 212 valence electrons. The van der Waals surface area contributed by atoms with Crippen molar-refractivity contribution < 1.29 is 28.8 Å². The maximum atomic E-state index is 13.8. The van der Waals surface area contributed by atoms with Crippen LogP contribution < -0.4 is 23.8 Å². The molecule has 1 aliphatic heterocycles. The van der Waals surface area contributed by atoms with Crippen LogP contribution in [0.25, 0.3) is 5.76 Å². The van der Waals surface area contributed by atoms with E-state index in [2.05, 4.69) is 0 Å². The van der Waals surface area contributed by atoms with E-state index in [9.17, 15) is 15.3 Å². The summed E-state index contributed by atoms with van der Waals surface area (Å²) in [5.41, 5.74) is 3.07. The molecule has 2 N–H and O–H groups in total. The summed E-state index contributed by atoms with van der Waals surface area (Å²) in [6.45, 7) is 0. The van der Waals surface area contributed by atoms with Gasteiger partial charge in [0.15, 0.2) is 17.3 Å². The van der Waals surface area contributed by atoms with Gasteiger partial charge in [-0.1, -0.05) is 23.7 Å². The minimum Gasteiger partial charge on any atom is -0.507 e. The SMILES string of the molecule is COc1ccc(C(O)=C2C(=N)N(c3ccccc3Cl)C3=C(C(=O)CCC3)[C@@H]2c2cc(OC)c(OC)c(OC)c2)cc1. The van der Waals surface area contributed by atoms with Gasteiger partial charge in [0.2, 0.25) is 5.75 Å². The predicted octanol–water partition coefficient (Wildman–Crippen LogP) is 6.93. The van der Waals surface area contributed by atoms with Crippen LogP contribution in [0.1, 0.15) is 36.3 Å². The Morgan fingerprint density at radius 2 is 1.59 bits per heavy atom. The number of methoxy groups -OCH3 is 4. The second-order valence-corrected chi connectivity index (χ2v) is 10.1. The number of aliphatic hydroxyl groups excluding tert-OH is 1. The van der Waals surface area contributed by atoms with Gasteiger partial charge in [0.25, 0.3) is 0 Å². The number of nitrogens with zero attached hydrogens (tertiary/aromatic N) is 1. The number of rotatable bonds is 7. The number of hydrogen-bond acceptors (Lipinski definition) is 7. The van der Waals surface area contributed by atoms with E-state index in [1.807, 2.05) is 18.2 Å².